The predicted octanol–water partition coefficient (Wildman–Crippen LogP) is 9.39. The Balaban J connectivity index is 1.47. The average Bonchev–Trinajstić information content (AvgIpc) is 3.53. The second kappa shape index (κ2) is 8.32. The number of benzene rings is 3. The number of pyridine rings is 1. The molecule has 2 aromatic heterocycles. The maximum absolute atomic E-state index is 14.4. The Bertz CT molecular complexity index is 1510. The van der Waals surface area contributed by atoms with Crippen LogP contribution in [-0.4, -0.2) is 4.98 Å². The third-order valence-electron chi connectivity index (χ3n) is 7.84. The van der Waals surface area contributed by atoms with Crippen molar-refractivity contribution < 1.29 is 4.39 Å². The molecule has 3 heteroatoms. The molecular weight excluding hydrogens is 437 g/mol. The Morgan fingerprint density at radius 2 is 1.65 bits per heavy atom. The lowest BCUT2D eigenvalue weighted by Crippen LogP contribution is -2.26. The summed E-state index contributed by atoms with van der Waals surface area (Å²) < 4.78 is 16.8. The fraction of sp³-hybridized carbons (Fsp3) is 0.258. The minimum Gasteiger partial charge on any atom is -0.256 e. The second-order valence-corrected chi connectivity index (χ2v) is 11.2. The van der Waals surface area contributed by atoms with E-state index in [4.69, 9.17) is 4.98 Å². The number of hydrogen-bond donors (Lipinski definition) is 0. The average molecular weight is 466 g/mol. The molecule has 0 aliphatic heterocycles. The first-order valence-corrected chi connectivity index (χ1v) is 13.0. The number of hydrogen-bond acceptors (Lipinski definition) is 2. The summed E-state index contributed by atoms with van der Waals surface area (Å²) in [7, 11) is 0. The van der Waals surface area contributed by atoms with E-state index in [0.717, 1.165) is 17.2 Å². The van der Waals surface area contributed by atoms with Gasteiger partial charge in [-0.05, 0) is 59.6 Å². The first kappa shape index (κ1) is 21.5. The van der Waals surface area contributed by atoms with Gasteiger partial charge in [-0.2, -0.15) is 0 Å². The summed E-state index contributed by atoms with van der Waals surface area (Å²) in [6, 6.07) is 24.3. The molecule has 1 fully saturated rings. The van der Waals surface area contributed by atoms with Gasteiger partial charge >= 0.3 is 0 Å². The van der Waals surface area contributed by atoms with Gasteiger partial charge in [0.15, 0.2) is 0 Å². The van der Waals surface area contributed by atoms with Gasteiger partial charge in [-0.25, -0.2) is 4.39 Å². The standard InChI is InChI=1S/C31H28FNS/c1-31(2,21-8-3-4-9-21)22-16-17-33-28(19-22)26-12-7-11-25-24-15-14-20(18-29(24)34-30(25)26)23-10-5-6-13-27(23)32/h5-7,10-19,21H,3-4,8-9H2,1-2H3. The van der Waals surface area contributed by atoms with E-state index >= 15 is 0 Å². The van der Waals surface area contributed by atoms with Gasteiger partial charge in [0.2, 0.25) is 0 Å². The van der Waals surface area contributed by atoms with E-state index < -0.39 is 0 Å². The Hall–Kier alpha value is -3.04. The smallest absolute Gasteiger partial charge is 0.131 e. The summed E-state index contributed by atoms with van der Waals surface area (Å²) in [6.45, 7) is 4.79. The van der Waals surface area contributed by atoms with Gasteiger partial charge in [0, 0.05) is 37.5 Å². The molecule has 0 saturated heterocycles. The number of thiophene rings is 1. The van der Waals surface area contributed by atoms with Crippen LogP contribution in [0.5, 0.6) is 0 Å². The fourth-order valence-electron chi connectivity index (χ4n) is 5.72. The highest BCUT2D eigenvalue weighted by atomic mass is 32.1. The van der Waals surface area contributed by atoms with Crippen LogP contribution in [0.1, 0.15) is 45.1 Å². The van der Waals surface area contributed by atoms with Gasteiger partial charge < -0.3 is 0 Å². The summed E-state index contributed by atoms with van der Waals surface area (Å²) in [5, 5.41) is 2.45. The van der Waals surface area contributed by atoms with Gasteiger partial charge in [0.25, 0.3) is 0 Å². The van der Waals surface area contributed by atoms with Crippen molar-refractivity contribution in [3.8, 4) is 22.4 Å². The topological polar surface area (TPSA) is 12.9 Å². The minimum absolute atomic E-state index is 0.150. The van der Waals surface area contributed by atoms with Crippen molar-refractivity contribution in [2.45, 2.75) is 44.9 Å². The molecule has 0 atom stereocenters. The van der Waals surface area contributed by atoms with Gasteiger partial charge in [-0.3, -0.25) is 4.98 Å². The number of fused-ring (bicyclic) bond motifs is 3. The number of aromatic nitrogens is 1. The molecule has 34 heavy (non-hydrogen) atoms. The van der Waals surface area contributed by atoms with E-state index in [-0.39, 0.29) is 11.2 Å². The summed E-state index contributed by atoms with van der Waals surface area (Å²) in [4.78, 5) is 4.80. The van der Waals surface area contributed by atoms with E-state index in [9.17, 15) is 4.39 Å². The lowest BCUT2D eigenvalue weighted by molar-refractivity contribution is 0.325. The summed E-state index contributed by atoms with van der Waals surface area (Å²) >= 11 is 1.77. The van der Waals surface area contributed by atoms with Crippen LogP contribution in [0.3, 0.4) is 0 Å². The van der Waals surface area contributed by atoms with Gasteiger partial charge in [0.1, 0.15) is 5.82 Å². The van der Waals surface area contributed by atoms with E-state index in [1.54, 1.807) is 17.4 Å². The Labute approximate surface area is 204 Å². The molecule has 1 nitrogen and oxygen atoms in total. The van der Waals surface area contributed by atoms with Crippen molar-refractivity contribution in [1.29, 1.82) is 0 Å². The maximum Gasteiger partial charge on any atom is 0.131 e. The van der Waals surface area contributed by atoms with Gasteiger partial charge in [-0.15, -0.1) is 11.3 Å². The third-order valence-corrected chi connectivity index (χ3v) is 9.04. The normalized spacial score (nSPS) is 14.9. The lowest BCUT2D eigenvalue weighted by atomic mass is 9.72. The summed E-state index contributed by atoms with van der Waals surface area (Å²) in [5.74, 6) is 0.550. The Kier molecular flexibility index (Phi) is 5.26. The van der Waals surface area contributed by atoms with Crippen LogP contribution < -0.4 is 0 Å². The number of rotatable bonds is 4. The monoisotopic (exact) mass is 465 g/mol. The highest BCUT2D eigenvalue weighted by Crippen LogP contribution is 2.44. The van der Waals surface area contributed by atoms with Crippen LogP contribution in [-0.2, 0) is 5.41 Å². The molecule has 1 aliphatic rings. The molecule has 0 unspecified atom stereocenters. The van der Waals surface area contributed by atoms with Crippen molar-refractivity contribution in [1.82, 2.24) is 4.98 Å². The van der Waals surface area contributed by atoms with Crippen LogP contribution in [0.4, 0.5) is 4.39 Å². The van der Waals surface area contributed by atoms with Crippen LogP contribution in [0, 0.1) is 11.7 Å². The maximum atomic E-state index is 14.4. The molecule has 0 radical (unpaired) electrons. The Morgan fingerprint density at radius 3 is 2.47 bits per heavy atom. The van der Waals surface area contributed by atoms with E-state index in [0.29, 0.717) is 5.56 Å². The first-order valence-electron chi connectivity index (χ1n) is 12.2. The zero-order valence-corrected chi connectivity index (χ0v) is 20.5. The van der Waals surface area contributed by atoms with Crippen LogP contribution >= 0.6 is 11.3 Å². The third kappa shape index (κ3) is 3.54. The molecule has 1 saturated carbocycles. The van der Waals surface area contributed by atoms with Crippen molar-refractivity contribution in [2.24, 2.45) is 5.92 Å². The molecule has 5 aromatic rings. The number of nitrogens with zero attached hydrogens (tertiary/aromatic N) is 1. The SMILES string of the molecule is CC(C)(c1ccnc(-c2cccc3c2sc2cc(-c4ccccc4F)ccc23)c1)C1CCCC1. The highest BCUT2D eigenvalue weighted by Gasteiger charge is 2.33. The van der Waals surface area contributed by atoms with Crippen molar-refractivity contribution in [2.75, 3.05) is 0 Å². The summed E-state index contributed by atoms with van der Waals surface area (Å²) in [6.07, 6.45) is 7.32. The molecule has 0 spiro atoms. The van der Waals surface area contributed by atoms with Crippen LogP contribution in [0.15, 0.2) is 79.0 Å². The van der Waals surface area contributed by atoms with Crippen molar-refractivity contribution in [3.63, 3.8) is 0 Å². The molecule has 0 N–H and O–H groups in total. The molecule has 0 bridgehead atoms. The van der Waals surface area contributed by atoms with Crippen molar-refractivity contribution >= 4 is 31.5 Å². The lowest BCUT2D eigenvalue weighted by Gasteiger charge is -2.32. The zero-order valence-electron chi connectivity index (χ0n) is 19.6. The molecule has 170 valence electrons. The minimum atomic E-state index is -0.186. The van der Waals surface area contributed by atoms with E-state index in [1.807, 2.05) is 24.4 Å². The molecule has 3 aromatic carbocycles. The van der Waals surface area contributed by atoms with E-state index in [1.165, 1.54) is 63.0 Å². The molecule has 1 aliphatic carbocycles. The fourth-order valence-corrected chi connectivity index (χ4v) is 6.99. The van der Waals surface area contributed by atoms with Crippen molar-refractivity contribution in [3.05, 3.63) is 90.4 Å². The predicted molar refractivity (Wildman–Crippen MR) is 143 cm³/mol. The molecular formula is C31H28FNS. The highest BCUT2D eigenvalue weighted by molar-refractivity contribution is 7.26. The zero-order chi connectivity index (χ0) is 23.3. The molecule has 2 heterocycles. The Morgan fingerprint density at radius 1 is 0.853 bits per heavy atom. The van der Waals surface area contributed by atoms with Gasteiger partial charge in [-0.1, -0.05) is 75.2 Å². The molecule has 0 amide bonds. The first-order chi connectivity index (χ1) is 16.5. The van der Waals surface area contributed by atoms with Crippen LogP contribution in [0.2, 0.25) is 0 Å². The summed E-state index contributed by atoms with van der Waals surface area (Å²) in [5.41, 5.74) is 5.30. The van der Waals surface area contributed by atoms with Gasteiger partial charge in [0.05, 0.1) is 5.69 Å². The molecule has 6 rings (SSSR count). The van der Waals surface area contributed by atoms with E-state index in [2.05, 4.69) is 56.3 Å². The number of halogens is 1. The quantitative estimate of drug-likeness (QED) is 0.258. The second-order valence-electron chi connectivity index (χ2n) is 10.1. The van der Waals surface area contributed by atoms with Crippen LogP contribution in [0.25, 0.3) is 42.6 Å². The largest absolute Gasteiger partial charge is 0.256 e.